The number of piperidine rings is 1. The Labute approximate surface area is 205 Å². The lowest BCUT2D eigenvalue weighted by Crippen LogP contribution is -2.42. The maximum absolute atomic E-state index is 13.8. The van der Waals surface area contributed by atoms with Crippen molar-refractivity contribution < 1.29 is 16.8 Å². The number of rotatable bonds is 7. The molecule has 186 valence electrons. The van der Waals surface area contributed by atoms with Gasteiger partial charge in [-0.3, -0.25) is 0 Å². The van der Waals surface area contributed by atoms with Crippen LogP contribution in [0.15, 0.2) is 58.3 Å². The Morgan fingerprint density at radius 1 is 0.794 bits per heavy atom. The van der Waals surface area contributed by atoms with Crippen molar-refractivity contribution in [3.05, 3.63) is 59.7 Å². The van der Waals surface area contributed by atoms with E-state index < -0.39 is 20.0 Å². The molecule has 0 amide bonds. The topological polar surface area (TPSA) is 74.8 Å². The Bertz CT molecular complexity index is 1170. The minimum atomic E-state index is -3.78. The van der Waals surface area contributed by atoms with Crippen molar-refractivity contribution in [2.24, 2.45) is 0 Å². The lowest BCUT2D eigenvalue weighted by molar-refractivity contribution is 0.247. The van der Waals surface area contributed by atoms with Crippen LogP contribution in [0.4, 0.5) is 0 Å². The van der Waals surface area contributed by atoms with Crippen molar-refractivity contribution in [2.75, 3.05) is 6.54 Å². The second kappa shape index (κ2) is 10.5. The SMILES string of the molecule is Cc1ccc(CN(C2CCCCC2)S(=O)(=O)c2ccc(S(=O)(=O)N3CCCC[C@@H]3C)cc2)cc1. The largest absolute Gasteiger partial charge is 0.243 e. The van der Waals surface area contributed by atoms with Crippen LogP contribution >= 0.6 is 0 Å². The summed E-state index contributed by atoms with van der Waals surface area (Å²) in [5.41, 5.74) is 2.09. The van der Waals surface area contributed by atoms with Crippen molar-refractivity contribution in [3.63, 3.8) is 0 Å². The fourth-order valence-corrected chi connectivity index (χ4v) is 8.51. The fourth-order valence-electron chi connectivity index (χ4n) is 5.14. The van der Waals surface area contributed by atoms with Gasteiger partial charge in [-0.05, 0) is 69.4 Å². The molecular weight excluding hydrogens is 468 g/mol. The minimum absolute atomic E-state index is 0.0431. The molecule has 0 spiro atoms. The molecular formula is C26H36N2O4S2. The first-order valence-corrected chi connectivity index (χ1v) is 15.3. The van der Waals surface area contributed by atoms with Gasteiger partial charge < -0.3 is 0 Å². The van der Waals surface area contributed by atoms with E-state index in [1.807, 2.05) is 38.1 Å². The molecule has 1 heterocycles. The van der Waals surface area contributed by atoms with E-state index in [1.54, 1.807) is 8.61 Å². The number of hydrogen-bond acceptors (Lipinski definition) is 4. The number of hydrogen-bond donors (Lipinski definition) is 0. The first kappa shape index (κ1) is 25.4. The molecule has 2 aromatic rings. The first-order valence-electron chi connectivity index (χ1n) is 12.4. The van der Waals surface area contributed by atoms with E-state index in [0.717, 1.165) is 62.5 Å². The summed E-state index contributed by atoms with van der Waals surface area (Å²) in [5.74, 6) is 0. The van der Waals surface area contributed by atoms with Crippen LogP contribution in [0.1, 0.15) is 69.4 Å². The van der Waals surface area contributed by atoms with E-state index in [9.17, 15) is 16.8 Å². The van der Waals surface area contributed by atoms with E-state index in [4.69, 9.17) is 0 Å². The van der Waals surface area contributed by atoms with E-state index in [-0.39, 0.29) is 21.9 Å². The van der Waals surface area contributed by atoms with Crippen LogP contribution in [-0.2, 0) is 26.6 Å². The van der Waals surface area contributed by atoms with Crippen LogP contribution in [-0.4, -0.2) is 44.1 Å². The number of aryl methyl sites for hydroxylation is 1. The Balaban J connectivity index is 1.62. The first-order chi connectivity index (χ1) is 16.2. The lowest BCUT2D eigenvalue weighted by Gasteiger charge is -2.34. The van der Waals surface area contributed by atoms with Crippen LogP contribution in [0.25, 0.3) is 0 Å². The van der Waals surface area contributed by atoms with Crippen LogP contribution in [0.5, 0.6) is 0 Å². The molecule has 0 radical (unpaired) electrons. The summed E-state index contributed by atoms with van der Waals surface area (Å²) >= 11 is 0. The van der Waals surface area contributed by atoms with Crippen LogP contribution in [0, 0.1) is 6.92 Å². The highest BCUT2D eigenvalue weighted by Crippen LogP contribution is 2.31. The second-order valence-corrected chi connectivity index (χ2v) is 13.5. The predicted octanol–water partition coefficient (Wildman–Crippen LogP) is 5.08. The summed E-state index contributed by atoms with van der Waals surface area (Å²) in [5, 5.41) is 0. The van der Waals surface area contributed by atoms with Crippen molar-refractivity contribution in [2.45, 2.75) is 93.6 Å². The van der Waals surface area contributed by atoms with E-state index in [2.05, 4.69) is 0 Å². The third kappa shape index (κ3) is 5.40. The van der Waals surface area contributed by atoms with Crippen LogP contribution in [0.2, 0.25) is 0 Å². The number of benzene rings is 2. The third-order valence-electron chi connectivity index (χ3n) is 7.22. The molecule has 8 heteroatoms. The Morgan fingerprint density at radius 2 is 1.38 bits per heavy atom. The maximum Gasteiger partial charge on any atom is 0.243 e. The average molecular weight is 505 g/mol. The van der Waals surface area contributed by atoms with Crippen molar-refractivity contribution in [1.29, 1.82) is 0 Å². The Hall–Kier alpha value is -1.74. The molecule has 2 aliphatic rings. The summed E-state index contributed by atoms with van der Waals surface area (Å²) in [7, 11) is -7.42. The Morgan fingerprint density at radius 3 is 2.00 bits per heavy atom. The molecule has 0 N–H and O–H groups in total. The summed E-state index contributed by atoms with van der Waals surface area (Å²) in [6.07, 6.45) is 7.62. The molecule has 1 saturated heterocycles. The number of sulfonamides is 2. The zero-order valence-electron chi connectivity index (χ0n) is 20.2. The summed E-state index contributed by atoms with van der Waals surface area (Å²) in [6.45, 7) is 4.77. The van der Waals surface area contributed by atoms with Gasteiger partial charge in [0.2, 0.25) is 20.0 Å². The molecule has 2 fully saturated rings. The third-order valence-corrected chi connectivity index (χ3v) is 11.2. The highest BCUT2D eigenvalue weighted by atomic mass is 32.2. The Kier molecular flexibility index (Phi) is 7.82. The molecule has 0 unspecified atom stereocenters. The van der Waals surface area contributed by atoms with Gasteiger partial charge in [0.25, 0.3) is 0 Å². The quantitative estimate of drug-likeness (QED) is 0.527. The van der Waals surface area contributed by atoms with Gasteiger partial charge in [0, 0.05) is 25.2 Å². The second-order valence-electron chi connectivity index (χ2n) is 9.76. The molecule has 1 atom stereocenters. The van der Waals surface area contributed by atoms with Crippen LogP contribution < -0.4 is 0 Å². The molecule has 2 aromatic carbocycles. The van der Waals surface area contributed by atoms with Gasteiger partial charge in [0.1, 0.15) is 0 Å². The lowest BCUT2D eigenvalue weighted by atomic mass is 9.95. The van der Waals surface area contributed by atoms with Crippen molar-refractivity contribution >= 4 is 20.0 Å². The van der Waals surface area contributed by atoms with Gasteiger partial charge in [-0.25, -0.2) is 16.8 Å². The minimum Gasteiger partial charge on any atom is -0.207 e. The fraction of sp³-hybridized carbons (Fsp3) is 0.538. The van der Waals surface area contributed by atoms with Crippen LogP contribution in [0.3, 0.4) is 0 Å². The normalized spacial score (nSPS) is 21.1. The highest BCUT2D eigenvalue weighted by molar-refractivity contribution is 7.89. The molecule has 4 rings (SSSR count). The van der Waals surface area contributed by atoms with Gasteiger partial charge in [-0.15, -0.1) is 0 Å². The monoisotopic (exact) mass is 504 g/mol. The maximum atomic E-state index is 13.8. The van der Waals surface area contributed by atoms with Gasteiger partial charge >= 0.3 is 0 Å². The van der Waals surface area contributed by atoms with Gasteiger partial charge in [-0.1, -0.05) is 55.5 Å². The molecule has 6 nitrogen and oxygen atoms in total. The van der Waals surface area contributed by atoms with Gasteiger partial charge in [-0.2, -0.15) is 8.61 Å². The smallest absolute Gasteiger partial charge is 0.207 e. The summed E-state index contributed by atoms with van der Waals surface area (Å²) in [4.78, 5) is 0.304. The molecule has 1 aliphatic heterocycles. The van der Waals surface area contributed by atoms with E-state index in [1.165, 1.54) is 24.3 Å². The molecule has 0 aromatic heterocycles. The molecule has 1 saturated carbocycles. The molecule has 0 bridgehead atoms. The van der Waals surface area contributed by atoms with Gasteiger partial charge in [0.15, 0.2) is 0 Å². The highest BCUT2D eigenvalue weighted by Gasteiger charge is 2.34. The zero-order chi connectivity index (χ0) is 24.3. The number of nitrogens with zero attached hydrogens (tertiary/aromatic N) is 2. The van der Waals surface area contributed by atoms with E-state index >= 15 is 0 Å². The summed E-state index contributed by atoms with van der Waals surface area (Å²) < 4.78 is 57.1. The average Bonchev–Trinajstić information content (AvgIpc) is 2.84. The standard InChI is InChI=1S/C26H36N2O4S2/c1-21-11-13-23(14-12-21)20-28(24-9-4-3-5-10-24)34(31,32)26-17-15-25(16-18-26)33(29,30)27-19-7-6-8-22(27)2/h11-18,22,24H,3-10,19-20H2,1-2H3/t22-/m0/s1. The van der Waals surface area contributed by atoms with Gasteiger partial charge in [0.05, 0.1) is 9.79 Å². The molecule has 34 heavy (non-hydrogen) atoms. The zero-order valence-corrected chi connectivity index (χ0v) is 21.8. The van der Waals surface area contributed by atoms with E-state index in [0.29, 0.717) is 13.1 Å². The van der Waals surface area contributed by atoms with Crippen molar-refractivity contribution in [1.82, 2.24) is 8.61 Å². The summed E-state index contributed by atoms with van der Waals surface area (Å²) in [6, 6.07) is 13.7. The molecule has 1 aliphatic carbocycles. The van der Waals surface area contributed by atoms with Crippen molar-refractivity contribution in [3.8, 4) is 0 Å². The predicted molar refractivity (Wildman–Crippen MR) is 134 cm³/mol.